The lowest BCUT2D eigenvalue weighted by atomic mass is 9.91. The van der Waals surface area contributed by atoms with E-state index in [0.29, 0.717) is 47.6 Å². The highest BCUT2D eigenvalue weighted by Gasteiger charge is 2.32. The molecule has 2 N–H and O–H groups in total. The van der Waals surface area contributed by atoms with Gasteiger partial charge in [-0.25, -0.2) is 14.6 Å². The molecule has 0 saturated carbocycles. The Hall–Kier alpha value is -4.74. The highest BCUT2D eigenvalue weighted by Crippen LogP contribution is 2.40. The molecule has 2 aliphatic rings. The van der Waals surface area contributed by atoms with Gasteiger partial charge in [0.15, 0.2) is 11.6 Å². The Bertz CT molecular complexity index is 1810. The van der Waals surface area contributed by atoms with E-state index in [1.54, 1.807) is 6.92 Å². The van der Waals surface area contributed by atoms with Gasteiger partial charge in [-0.1, -0.05) is 48.0 Å². The number of halogens is 1. The highest BCUT2D eigenvalue weighted by atomic mass is 35.5. The molecule has 1 fully saturated rings. The molecule has 3 unspecified atom stereocenters. The summed E-state index contributed by atoms with van der Waals surface area (Å²) in [6.07, 6.45) is 0.590. The van der Waals surface area contributed by atoms with E-state index in [1.807, 2.05) is 65.6 Å². The van der Waals surface area contributed by atoms with Crippen molar-refractivity contribution in [2.75, 3.05) is 40.1 Å². The summed E-state index contributed by atoms with van der Waals surface area (Å²) < 4.78 is 11.1. The number of carbonyl (C=O) groups excluding carboxylic acids is 1. The van der Waals surface area contributed by atoms with Crippen molar-refractivity contribution in [2.45, 2.75) is 38.5 Å². The summed E-state index contributed by atoms with van der Waals surface area (Å²) in [5.41, 5.74) is 5.44. The Morgan fingerprint density at radius 2 is 1.84 bits per heavy atom. The molecule has 3 aromatic carbocycles. The largest absolute Gasteiger partial charge is 0.382 e. The summed E-state index contributed by atoms with van der Waals surface area (Å²) in [5.74, 6) is 1.13. The number of anilines is 5. The summed E-state index contributed by atoms with van der Waals surface area (Å²) in [7, 11) is 0. The van der Waals surface area contributed by atoms with Gasteiger partial charge in [0.1, 0.15) is 6.10 Å². The van der Waals surface area contributed by atoms with Crippen molar-refractivity contribution in [2.24, 2.45) is 0 Å². The van der Waals surface area contributed by atoms with Crippen LogP contribution in [0.25, 0.3) is 11.3 Å². The molecule has 1 amide bonds. The van der Waals surface area contributed by atoms with E-state index in [9.17, 15) is 4.79 Å². The minimum Gasteiger partial charge on any atom is -0.382 e. The molecule has 224 valence electrons. The number of hydrogen-bond acceptors (Lipinski definition) is 10. The van der Waals surface area contributed by atoms with Crippen LogP contribution >= 0.6 is 11.6 Å². The first-order valence-electron chi connectivity index (χ1n) is 14.6. The normalized spacial score (nSPS) is 19.7. The molecular formula is C32H31ClN8O3. The van der Waals surface area contributed by atoms with Gasteiger partial charge < -0.3 is 25.2 Å². The van der Waals surface area contributed by atoms with Crippen LogP contribution in [0.2, 0.25) is 5.02 Å². The number of morpholine rings is 1. The molecule has 0 spiro atoms. The van der Waals surface area contributed by atoms with Crippen molar-refractivity contribution < 1.29 is 14.2 Å². The molecule has 0 radical (unpaired) electrons. The first-order chi connectivity index (χ1) is 21.4. The lowest BCUT2D eigenvalue weighted by Crippen LogP contribution is -2.40. The molecule has 12 heteroatoms. The summed E-state index contributed by atoms with van der Waals surface area (Å²) in [5, 5.41) is 15.3. The Morgan fingerprint density at radius 3 is 2.64 bits per heavy atom. The topological polar surface area (TPSA) is 122 Å². The first kappa shape index (κ1) is 28.1. The van der Waals surface area contributed by atoms with Crippen LogP contribution in [-0.4, -0.2) is 51.9 Å². The van der Waals surface area contributed by atoms with E-state index < -0.39 is 0 Å². The number of fused-ring (bicyclic) bond motifs is 2. The van der Waals surface area contributed by atoms with Crippen LogP contribution in [0.1, 0.15) is 43.5 Å². The molecule has 0 aliphatic carbocycles. The lowest BCUT2D eigenvalue weighted by Gasteiger charge is -2.38. The fourth-order valence-corrected chi connectivity index (χ4v) is 6.25. The van der Waals surface area contributed by atoms with Crippen molar-refractivity contribution in [1.82, 2.24) is 20.3 Å². The molecule has 3 atom stereocenters. The van der Waals surface area contributed by atoms with Crippen LogP contribution in [-0.2, 0) is 9.53 Å². The van der Waals surface area contributed by atoms with E-state index in [-0.39, 0.29) is 24.1 Å². The van der Waals surface area contributed by atoms with E-state index in [0.717, 1.165) is 34.6 Å². The summed E-state index contributed by atoms with van der Waals surface area (Å²) >= 11 is 6.22. The third-order valence-corrected chi connectivity index (χ3v) is 8.28. The van der Waals surface area contributed by atoms with Gasteiger partial charge in [-0.15, -0.1) is 0 Å². The van der Waals surface area contributed by atoms with Gasteiger partial charge in [0.05, 0.1) is 12.6 Å². The first-order valence-corrected chi connectivity index (χ1v) is 15.0. The molecule has 44 heavy (non-hydrogen) atoms. The van der Waals surface area contributed by atoms with E-state index in [1.165, 1.54) is 0 Å². The number of hydrogen-bond donors (Lipinski definition) is 2. The van der Waals surface area contributed by atoms with Gasteiger partial charge in [-0.05, 0) is 71.2 Å². The van der Waals surface area contributed by atoms with Gasteiger partial charge in [-0.2, -0.15) is 0 Å². The fraction of sp³-hybridized carbons (Fsp3) is 0.281. The second-order valence-electron chi connectivity index (χ2n) is 11.1. The van der Waals surface area contributed by atoms with Crippen LogP contribution in [0.4, 0.5) is 28.7 Å². The SMILES string of the molecule is CC(=O)N(c1ccc(C2CN(c3nc4nonc4nc3Nc3cccc(Cl)c3)CCO2)cc1)C1CC(C)Nc2ccccc21. The maximum absolute atomic E-state index is 13.0. The van der Waals surface area contributed by atoms with Gasteiger partial charge in [0.2, 0.25) is 17.2 Å². The van der Waals surface area contributed by atoms with Crippen LogP contribution in [0.3, 0.4) is 0 Å². The quantitative estimate of drug-likeness (QED) is 0.227. The zero-order valence-electron chi connectivity index (χ0n) is 24.3. The number of aromatic nitrogens is 4. The maximum atomic E-state index is 13.0. The Balaban J connectivity index is 1.15. The zero-order chi connectivity index (χ0) is 30.2. The fourth-order valence-electron chi connectivity index (χ4n) is 6.06. The van der Waals surface area contributed by atoms with Gasteiger partial charge in [-0.3, -0.25) is 4.79 Å². The van der Waals surface area contributed by atoms with Crippen molar-refractivity contribution in [3.63, 3.8) is 0 Å². The monoisotopic (exact) mass is 610 g/mol. The Kier molecular flexibility index (Phi) is 7.49. The predicted molar refractivity (Wildman–Crippen MR) is 170 cm³/mol. The maximum Gasteiger partial charge on any atom is 0.245 e. The Labute approximate surface area is 259 Å². The lowest BCUT2D eigenvalue weighted by molar-refractivity contribution is -0.117. The molecular weight excluding hydrogens is 580 g/mol. The van der Waals surface area contributed by atoms with E-state index in [2.05, 4.69) is 49.9 Å². The van der Waals surface area contributed by atoms with Crippen molar-refractivity contribution >= 4 is 57.5 Å². The molecule has 11 nitrogen and oxygen atoms in total. The third-order valence-electron chi connectivity index (χ3n) is 8.04. The van der Waals surface area contributed by atoms with Gasteiger partial charge in [0, 0.05) is 48.1 Å². The van der Waals surface area contributed by atoms with Crippen molar-refractivity contribution in [3.8, 4) is 0 Å². The van der Waals surface area contributed by atoms with Gasteiger partial charge in [0.25, 0.3) is 0 Å². The average molecular weight is 611 g/mol. The summed E-state index contributed by atoms with van der Waals surface area (Å²) in [6.45, 7) is 5.40. The molecule has 5 aromatic rings. The Morgan fingerprint density at radius 1 is 1.05 bits per heavy atom. The predicted octanol–water partition coefficient (Wildman–Crippen LogP) is 6.29. The molecule has 7 rings (SSSR count). The highest BCUT2D eigenvalue weighted by molar-refractivity contribution is 6.30. The van der Waals surface area contributed by atoms with Crippen LogP contribution in [0.5, 0.6) is 0 Å². The van der Waals surface area contributed by atoms with Crippen molar-refractivity contribution in [1.29, 1.82) is 0 Å². The number of rotatable bonds is 6. The van der Waals surface area contributed by atoms with Crippen LogP contribution in [0, 0.1) is 0 Å². The third kappa shape index (κ3) is 5.51. The molecule has 0 bridgehead atoms. The smallest absolute Gasteiger partial charge is 0.245 e. The van der Waals surface area contributed by atoms with Crippen molar-refractivity contribution in [3.05, 3.63) is 88.9 Å². The molecule has 4 heterocycles. The van der Waals surface area contributed by atoms with Gasteiger partial charge >= 0.3 is 0 Å². The zero-order valence-corrected chi connectivity index (χ0v) is 25.0. The summed E-state index contributed by atoms with van der Waals surface area (Å²) in [4.78, 5) is 26.4. The number of para-hydroxylation sites is 1. The number of ether oxygens (including phenoxy) is 1. The molecule has 2 aliphatic heterocycles. The minimum absolute atomic E-state index is 0.00258. The number of nitrogens with zero attached hydrogens (tertiary/aromatic N) is 6. The average Bonchev–Trinajstić information content (AvgIpc) is 3.48. The molecule has 1 saturated heterocycles. The number of carbonyl (C=O) groups is 1. The number of amides is 1. The molecule has 2 aromatic heterocycles. The van der Waals surface area contributed by atoms with Crippen LogP contribution < -0.4 is 20.4 Å². The second-order valence-corrected chi connectivity index (χ2v) is 11.5. The standard InChI is InChI=1S/C32H31ClN8O3/c1-19-16-27(25-8-3-4-9-26(25)34-19)41(20(2)42)24-12-10-21(11-13-24)28-18-40(14-15-43-28)32-31(35-23-7-5-6-22(33)17-23)36-29-30(37-32)39-44-38-29/h3-13,17,19,27-28,34H,14-16,18H2,1-2H3,(H,35,36,38). The van der Waals surface area contributed by atoms with E-state index in [4.69, 9.17) is 26.0 Å². The minimum atomic E-state index is -0.227. The number of benzene rings is 3. The number of nitrogens with one attached hydrogen (secondary N) is 2. The second kappa shape index (κ2) is 11.7. The van der Waals surface area contributed by atoms with E-state index >= 15 is 0 Å². The van der Waals surface area contributed by atoms with Crippen LogP contribution in [0.15, 0.2) is 77.4 Å². The summed E-state index contributed by atoms with van der Waals surface area (Å²) in [6, 6.07) is 23.9.